The van der Waals surface area contributed by atoms with Crippen LogP contribution < -0.4 is 10.5 Å². The van der Waals surface area contributed by atoms with Gasteiger partial charge in [-0.2, -0.15) is 0 Å². The van der Waals surface area contributed by atoms with Gasteiger partial charge in [0.1, 0.15) is 16.9 Å². The molecule has 3 N–H and O–H groups in total. The number of nitrogens with zero attached hydrogens (tertiary/aromatic N) is 1. The van der Waals surface area contributed by atoms with Crippen molar-refractivity contribution >= 4 is 11.3 Å². The van der Waals surface area contributed by atoms with Gasteiger partial charge in [0.15, 0.2) is 0 Å². The van der Waals surface area contributed by atoms with Gasteiger partial charge in [-0.25, -0.2) is 4.98 Å². The highest BCUT2D eigenvalue weighted by atomic mass is 32.1. The van der Waals surface area contributed by atoms with E-state index in [0.29, 0.717) is 11.6 Å². The molecule has 96 valence electrons. The number of aliphatic hydroxyl groups excluding tert-OH is 1. The zero-order valence-electron chi connectivity index (χ0n) is 10.2. The van der Waals surface area contributed by atoms with Crippen LogP contribution in [0.15, 0.2) is 29.6 Å². The third-order valence-corrected chi connectivity index (χ3v) is 3.44. The summed E-state index contributed by atoms with van der Waals surface area (Å²) in [6.07, 6.45) is -0.675. The second-order valence-corrected chi connectivity index (χ2v) is 4.67. The van der Waals surface area contributed by atoms with Gasteiger partial charge in [0.25, 0.3) is 0 Å². The molecule has 0 saturated heterocycles. The lowest BCUT2D eigenvalue weighted by molar-refractivity contribution is 0.186. The molecule has 1 atom stereocenters. The molecule has 2 rings (SSSR count). The van der Waals surface area contributed by atoms with Gasteiger partial charge >= 0.3 is 0 Å². The number of hydrogen-bond acceptors (Lipinski definition) is 5. The third-order valence-electron chi connectivity index (χ3n) is 2.49. The molecular weight excluding hydrogens is 248 g/mol. The number of rotatable bonds is 5. The molecule has 1 unspecified atom stereocenters. The Morgan fingerprint density at radius 1 is 1.39 bits per heavy atom. The van der Waals surface area contributed by atoms with Crippen LogP contribution in [0, 0.1) is 0 Å². The molecule has 0 spiro atoms. The summed E-state index contributed by atoms with van der Waals surface area (Å²) in [5.74, 6) is 0.846. The maximum Gasteiger partial charge on any atom is 0.123 e. The largest absolute Gasteiger partial charge is 0.494 e. The average molecular weight is 264 g/mol. The van der Waals surface area contributed by atoms with Gasteiger partial charge in [-0.05, 0) is 31.2 Å². The fourth-order valence-corrected chi connectivity index (χ4v) is 2.39. The highest BCUT2D eigenvalue weighted by Gasteiger charge is 2.11. The summed E-state index contributed by atoms with van der Waals surface area (Å²) in [4.78, 5) is 4.37. The minimum atomic E-state index is -0.675. The van der Waals surface area contributed by atoms with Crippen LogP contribution >= 0.6 is 11.3 Å². The molecular formula is C13H16N2O2S. The fourth-order valence-electron chi connectivity index (χ4n) is 1.56. The minimum absolute atomic E-state index is 0.191. The normalized spacial score (nSPS) is 12.4. The van der Waals surface area contributed by atoms with Crippen molar-refractivity contribution in [3.05, 3.63) is 34.7 Å². The second-order valence-electron chi connectivity index (χ2n) is 3.78. The van der Waals surface area contributed by atoms with Crippen molar-refractivity contribution in [3.8, 4) is 17.0 Å². The summed E-state index contributed by atoms with van der Waals surface area (Å²) in [5.41, 5.74) is 7.26. The van der Waals surface area contributed by atoms with Crippen molar-refractivity contribution in [1.29, 1.82) is 0 Å². The summed E-state index contributed by atoms with van der Waals surface area (Å²) in [5, 5.41) is 12.2. The lowest BCUT2D eigenvalue weighted by atomic mass is 10.2. The van der Waals surface area contributed by atoms with E-state index in [9.17, 15) is 5.11 Å². The molecule has 0 aliphatic rings. The van der Waals surface area contributed by atoms with Gasteiger partial charge in [0, 0.05) is 17.5 Å². The van der Waals surface area contributed by atoms with Gasteiger partial charge in [-0.1, -0.05) is 0 Å². The number of nitrogens with two attached hydrogens (primary N) is 1. The minimum Gasteiger partial charge on any atom is -0.494 e. The number of ether oxygens (including phenoxy) is 1. The van der Waals surface area contributed by atoms with Crippen molar-refractivity contribution in [2.75, 3.05) is 13.2 Å². The van der Waals surface area contributed by atoms with E-state index in [0.717, 1.165) is 17.0 Å². The van der Waals surface area contributed by atoms with Crippen LogP contribution in [0.3, 0.4) is 0 Å². The zero-order valence-corrected chi connectivity index (χ0v) is 11.0. The standard InChI is InChI=1S/C13H16N2O2S/c1-2-17-10-5-3-9(4-6-10)11-8-18-13(15-11)12(16)7-14/h3-6,8,12,16H,2,7,14H2,1H3. The first kappa shape index (κ1) is 13.0. The van der Waals surface area contributed by atoms with E-state index in [2.05, 4.69) is 4.98 Å². The number of aliphatic hydroxyl groups is 1. The number of hydrogen-bond donors (Lipinski definition) is 2. The SMILES string of the molecule is CCOc1ccc(-c2csc(C(O)CN)n2)cc1. The smallest absolute Gasteiger partial charge is 0.123 e. The quantitative estimate of drug-likeness (QED) is 0.868. The molecule has 0 bridgehead atoms. The Morgan fingerprint density at radius 2 is 2.11 bits per heavy atom. The summed E-state index contributed by atoms with van der Waals surface area (Å²) in [6.45, 7) is 2.80. The molecule has 0 aliphatic carbocycles. The summed E-state index contributed by atoms with van der Waals surface area (Å²) >= 11 is 1.42. The predicted octanol–water partition coefficient (Wildman–Crippen LogP) is 2.20. The molecule has 0 radical (unpaired) electrons. The van der Waals surface area contributed by atoms with E-state index in [1.54, 1.807) is 0 Å². The van der Waals surface area contributed by atoms with E-state index >= 15 is 0 Å². The monoisotopic (exact) mass is 264 g/mol. The molecule has 1 aromatic carbocycles. The third kappa shape index (κ3) is 2.87. The number of benzene rings is 1. The van der Waals surface area contributed by atoms with Crippen LogP contribution in [0.2, 0.25) is 0 Å². The van der Waals surface area contributed by atoms with Crippen molar-refractivity contribution in [2.24, 2.45) is 5.73 Å². The lowest BCUT2D eigenvalue weighted by Crippen LogP contribution is -2.11. The molecule has 4 nitrogen and oxygen atoms in total. The number of thiazole rings is 1. The molecule has 2 aromatic rings. The van der Waals surface area contributed by atoms with Crippen LogP contribution in [0.25, 0.3) is 11.3 Å². The highest BCUT2D eigenvalue weighted by Crippen LogP contribution is 2.26. The van der Waals surface area contributed by atoms with Gasteiger partial charge in [-0.15, -0.1) is 11.3 Å². The van der Waals surface area contributed by atoms with Gasteiger partial charge in [0.2, 0.25) is 0 Å². The Labute approximate surface area is 110 Å². The van der Waals surface area contributed by atoms with E-state index in [1.807, 2.05) is 36.6 Å². The van der Waals surface area contributed by atoms with Gasteiger partial charge < -0.3 is 15.6 Å². The highest BCUT2D eigenvalue weighted by molar-refractivity contribution is 7.10. The topological polar surface area (TPSA) is 68.4 Å². The lowest BCUT2D eigenvalue weighted by Gasteiger charge is -2.04. The Morgan fingerprint density at radius 3 is 2.72 bits per heavy atom. The van der Waals surface area contributed by atoms with E-state index in [-0.39, 0.29) is 6.54 Å². The van der Waals surface area contributed by atoms with Crippen molar-refractivity contribution in [3.63, 3.8) is 0 Å². The van der Waals surface area contributed by atoms with Crippen LogP contribution in [0.5, 0.6) is 5.75 Å². The Bertz CT molecular complexity index is 496. The Hall–Kier alpha value is -1.43. The maximum atomic E-state index is 9.61. The molecule has 0 saturated carbocycles. The van der Waals surface area contributed by atoms with Crippen LogP contribution in [-0.2, 0) is 0 Å². The van der Waals surface area contributed by atoms with E-state index in [4.69, 9.17) is 10.5 Å². The number of aromatic nitrogens is 1. The van der Waals surface area contributed by atoms with Crippen LogP contribution in [0.4, 0.5) is 0 Å². The molecule has 18 heavy (non-hydrogen) atoms. The molecule has 0 fully saturated rings. The second kappa shape index (κ2) is 5.95. The first-order valence-corrected chi connectivity index (χ1v) is 6.69. The first-order valence-electron chi connectivity index (χ1n) is 5.81. The molecule has 0 amide bonds. The van der Waals surface area contributed by atoms with Gasteiger partial charge in [-0.3, -0.25) is 0 Å². The van der Waals surface area contributed by atoms with Crippen molar-refractivity contribution in [2.45, 2.75) is 13.0 Å². The summed E-state index contributed by atoms with van der Waals surface area (Å²) < 4.78 is 5.38. The molecule has 1 heterocycles. The molecule has 5 heteroatoms. The van der Waals surface area contributed by atoms with Crippen molar-refractivity contribution in [1.82, 2.24) is 4.98 Å². The maximum absolute atomic E-state index is 9.61. The molecule has 1 aromatic heterocycles. The Kier molecular flexibility index (Phi) is 4.30. The van der Waals surface area contributed by atoms with Crippen molar-refractivity contribution < 1.29 is 9.84 Å². The fraction of sp³-hybridized carbons (Fsp3) is 0.308. The van der Waals surface area contributed by atoms with Crippen LogP contribution in [0.1, 0.15) is 18.0 Å². The average Bonchev–Trinajstić information content (AvgIpc) is 2.89. The van der Waals surface area contributed by atoms with Gasteiger partial charge in [0.05, 0.1) is 12.3 Å². The van der Waals surface area contributed by atoms with Crippen LogP contribution in [-0.4, -0.2) is 23.2 Å². The first-order chi connectivity index (χ1) is 8.74. The summed E-state index contributed by atoms with van der Waals surface area (Å²) in [7, 11) is 0. The predicted molar refractivity (Wildman–Crippen MR) is 72.7 cm³/mol. The molecule has 0 aliphatic heterocycles. The Balaban J connectivity index is 2.18. The summed E-state index contributed by atoms with van der Waals surface area (Å²) in [6, 6.07) is 7.74. The zero-order chi connectivity index (χ0) is 13.0. The van der Waals surface area contributed by atoms with E-state index < -0.39 is 6.10 Å². The van der Waals surface area contributed by atoms with E-state index in [1.165, 1.54) is 11.3 Å².